The molecular formula is C16H21N3O4. The van der Waals surface area contributed by atoms with E-state index in [9.17, 15) is 19.7 Å². The van der Waals surface area contributed by atoms with Gasteiger partial charge in [0.2, 0.25) is 11.8 Å². The number of nitro groups is 1. The van der Waals surface area contributed by atoms with Crippen LogP contribution in [0.4, 0.5) is 11.4 Å². The van der Waals surface area contributed by atoms with Gasteiger partial charge in [-0.15, -0.1) is 0 Å². The fourth-order valence-electron chi connectivity index (χ4n) is 2.62. The first-order valence-electron chi connectivity index (χ1n) is 7.46. The molecule has 1 N–H and O–H groups in total. The second-order valence-corrected chi connectivity index (χ2v) is 6.82. The van der Waals surface area contributed by atoms with Gasteiger partial charge in [-0.1, -0.05) is 6.07 Å². The molecule has 2 amide bonds. The summed E-state index contributed by atoms with van der Waals surface area (Å²) in [5, 5.41) is 13.6. The molecule has 23 heavy (non-hydrogen) atoms. The van der Waals surface area contributed by atoms with E-state index in [1.807, 2.05) is 20.8 Å². The number of carbonyl (C=O) groups excluding carboxylic acids is 2. The minimum atomic E-state index is -0.504. The molecule has 0 spiro atoms. The molecule has 1 atom stereocenters. The molecule has 1 heterocycles. The first kappa shape index (κ1) is 16.9. The Balaban J connectivity index is 2.13. The average Bonchev–Trinajstić information content (AvgIpc) is 2.83. The van der Waals surface area contributed by atoms with Crippen molar-refractivity contribution in [1.82, 2.24) is 4.90 Å². The smallest absolute Gasteiger partial charge is 0.271 e. The van der Waals surface area contributed by atoms with E-state index in [1.54, 1.807) is 17.9 Å². The molecule has 2 rings (SSSR count). The summed E-state index contributed by atoms with van der Waals surface area (Å²) < 4.78 is 0. The Morgan fingerprint density at radius 2 is 2.04 bits per heavy atom. The number of anilines is 1. The van der Waals surface area contributed by atoms with Crippen molar-refractivity contribution in [1.29, 1.82) is 0 Å². The lowest BCUT2D eigenvalue weighted by Crippen LogP contribution is -2.42. The molecule has 0 aromatic heterocycles. The van der Waals surface area contributed by atoms with Crippen molar-refractivity contribution >= 4 is 23.2 Å². The summed E-state index contributed by atoms with van der Waals surface area (Å²) in [6, 6.07) is 4.33. The fourth-order valence-corrected chi connectivity index (χ4v) is 2.62. The highest BCUT2D eigenvalue weighted by molar-refractivity contribution is 5.98. The second kappa shape index (κ2) is 5.98. The molecule has 1 aliphatic heterocycles. The van der Waals surface area contributed by atoms with E-state index in [0.29, 0.717) is 12.2 Å². The molecule has 0 bridgehead atoms. The van der Waals surface area contributed by atoms with Crippen molar-refractivity contribution in [2.24, 2.45) is 5.92 Å². The summed E-state index contributed by atoms with van der Waals surface area (Å²) in [7, 11) is 0. The van der Waals surface area contributed by atoms with Gasteiger partial charge >= 0.3 is 0 Å². The van der Waals surface area contributed by atoms with E-state index < -0.39 is 10.8 Å². The van der Waals surface area contributed by atoms with Crippen LogP contribution in [-0.4, -0.2) is 33.7 Å². The SMILES string of the molecule is Cc1ccc([N+](=O)[O-])cc1NC(=O)[C@H]1CC(=O)N(C(C)(C)C)C1. The Bertz CT molecular complexity index is 664. The molecule has 7 heteroatoms. The number of hydrogen-bond donors (Lipinski definition) is 1. The zero-order valence-electron chi connectivity index (χ0n) is 13.8. The summed E-state index contributed by atoms with van der Waals surface area (Å²) in [4.78, 5) is 36.5. The lowest BCUT2D eigenvalue weighted by Gasteiger charge is -2.31. The van der Waals surface area contributed by atoms with Gasteiger partial charge in [-0.25, -0.2) is 0 Å². The van der Waals surface area contributed by atoms with Gasteiger partial charge in [0.15, 0.2) is 0 Å². The summed E-state index contributed by atoms with van der Waals surface area (Å²) in [6.45, 7) is 7.91. The maximum Gasteiger partial charge on any atom is 0.271 e. The Hall–Kier alpha value is -2.44. The number of carbonyl (C=O) groups is 2. The molecule has 1 aromatic carbocycles. The number of benzene rings is 1. The predicted octanol–water partition coefficient (Wildman–Crippen LogP) is 2.49. The molecule has 1 saturated heterocycles. The van der Waals surface area contributed by atoms with Crippen LogP contribution < -0.4 is 5.32 Å². The number of nitrogens with zero attached hydrogens (tertiary/aromatic N) is 2. The van der Waals surface area contributed by atoms with Crippen molar-refractivity contribution in [3.8, 4) is 0 Å². The van der Waals surface area contributed by atoms with Gasteiger partial charge in [0.05, 0.1) is 16.5 Å². The van der Waals surface area contributed by atoms with Crippen LogP contribution >= 0.6 is 0 Å². The van der Waals surface area contributed by atoms with Crippen molar-refractivity contribution in [2.75, 3.05) is 11.9 Å². The number of likely N-dealkylation sites (tertiary alicyclic amines) is 1. The van der Waals surface area contributed by atoms with Crippen LogP contribution in [0, 0.1) is 23.0 Å². The van der Waals surface area contributed by atoms with Gasteiger partial charge in [0.1, 0.15) is 0 Å². The van der Waals surface area contributed by atoms with E-state index in [2.05, 4.69) is 5.32 Å². The van der Waals surface area contributed by atoms with Crippen LogP contribution in [0.3, 0.4) is 0 Å². The van der Waals surface area contributed by atoms with E-state index in [-0.39, 0.29) is 29.5 Å². The standard InChI is InChI=1S/C16H21N3O4/c1-10-5-6-12(19(22)23)8-13(10)17-15(21)11-7-14(20)18(9-11)16(2,3)4/h5-6,8,11H,7,9H2,1-4H3,(H,17,21)/t11-/m0/s1. The zero-order valence-corrected chi connectivity index (χ0v) is 13.8. The quantitative estimate of drug-likeness (QED) is 0.684. The fraction of sp³-hybridized carbons (Fsp3) is 0.500. The predicted molar refractivity (Wildman–Crippen MR) is 86.0 cm³/mol. The maximum atomic E-state index is 12.4. The van der Waals surface area contributed by atoms with Gasteiger partial charge in [-0.05, 0) is 33.3 Å². The van der Waals surface area contributed by atoms with E-state index >= 15 is 0 Å². The molecule has 124 valence electrons. The third-order valence-corrected chi connectivity index (χ3v) is 4.00. The Labute approximate surface area is 134 Å². The number of nitro benzene ring substituents is 1. The number of nitrogens with one attached hydrogen (secondary N) is 1. The number of amides is 2. The summed E-state index contributed by atoms with van der Waals surface area (Å²) >= 11 is 0. The largest absolute Gasteiger partial charge is 0.337 e. The van der Waals surface area contributed by atoms with Crippen molar-refractivity contribution in [3.05, 3.63) is 33.9 Å². The molecule has 0 radical (unpaired) electrons. The second-order valence-electron chi connectivity index (χ2n) is 6.82. The zero-order chi connectivity index (χ0) is 17.4. The molecular weight excluding hydrogens is 298 g/mol. The number of rotatable bonds is 3. The summed E-state index contributed by atoms with van der Waals surface area (Å²) in [5.74, 6) is -0.775. The lowest BCUT2D eigenvalue weighted by molar-refractivity contribution is -0.384. The van der Waals surface area contributed by atoms with Crippen LogP contribution in [0.2, 0.25) is 0 Å². The minimum absolute atomic E-state index is 0.0478. The van der Waals surface area contributed by atoms with Crippen molar-refractivity contribution in [2.45, 2.75) is 39.7 Å². The topological polar surface area (TPSA) is 92.5 Å². The Kier molecular flexibility index (Phi) is 4.40. The Morgan fingerprint density at radius 3 is 2.57 bits per heavy atom. The average molecular weight is 319 g/mol. The monoisotopic (exact) mass is 319 g/mol. The third kappa shape index (κ3) is 3.67. The molecule has 0 saturated carbocycles. The third-order valence-electron chi connectivity index (χ3n) is 4.00. The van der Waals surface area contributed by atoms with Crippen LogP contribution in [0.15, 0.2) is 18.2 Å². The summed E-state index contributed by atoms with van der Waals surface area (Å²) in [5.41, 5.74) is 0.740. The normalized spacial score (nSPS) is 18.2. The number of aryl methyl sites for hydroxylation is 1. The van der Waals surface area contributed by atoms with Crippen molar-refractivity contribution < 1.29 is 14.5 Å². The number of hydrogen-bond acceptors (Lipinski definition) is 4. The molecule has 7 nitrogen and oxygen atoms in total. The first-order valence-corrected chi connectivity index (χ1v) is 7.46. The first-order chi connectivity index (χ1) is 10.6. The van der Waals surface area contributed by atoms with E-state index in [4.69, 9.17) is 0 Å². The highest BCUT2D eigenvalue weighted by Crippen LogP contribution is 2.28. The molecule has 1 aromatic rings. The minimum Gasteiger partial charge on any atom is -0.337 e. The molecule has 1 aliphatic rings. The summed E-state index contributed by atoms with van der Waals surface area (Å²) in [6.07, 6.45) is 0.164. The van der Waals surface area contributed by atoms with Crippen LogP contribution in [0.25, 0.3) is 0 Å². The lowest BCUT2D eigenvalue weighted by atomic mass is 10.1. The van der Waals surface area contributed by atoms with E-state index in [1.165, 1.54) is 12.1 Å². The molecule has 1 fully saturated rings. The van der Waals surface area contributed by atoms with Gasteiger partial charge < -0.3 is 10.2 Å². The van der Waals surface area contributed by atoms with Crippen molar-refractivity contribution in [3.63, 3.8) is 0 Å². The Morgan fingerprint density at radius 1 is 1.39 bits per heavy atom. The molecule has 0 unspecified atom stereocenters. The highest BCUT2D eigenvalue weighted by Gasteiger charge is 2.39. The van der Waals surface area contributed by atoms with Gasteiger partial charge in [-0.3, -0.25) is 19.7 Å². The van der Waals surface area contributed by atoms with Gasteiger partial charge in [-0.2, -0.15) is 0 Å². The van der Waals surface area contributed by atoms with Gasteiger partial charge in [0.25, 0.3) is 5.69 Å². The van der Waals surface area contributed by atoms with Crippen LogP contribution in [-0.2, 0) is 9.59 Å². The maximum absolute atomic E-state index is 12.4. The van der Waals surface area contributed by atoms with Gasteiger partial charge in [0, 0.05) is 30.6 Å². The number of non-ortho nitro benzene ring substituents is 1. The van der Waals surface area contributed by atoms with E-state index in [0.717, 1.165) is 5.56 Å². The highest BCUT2D eigenvalue weighted by atomic mass is 16.6. The van der Waals surface area contributed by atoms with Crippen LogP contribution in [0.5, 0.6) is 0 Å². The van der Waals surface area contributed by atoms with Crippen LogP contribution in [0.1, 0.15) is 32.8 Å². The molecule has 0 aliphatic carbocycles.